The second-order valence-corrected chi connectivity index (χ2v) is 6.70. The number of nitrogens with zero attached hydrogens (tertiary/aromatic N) is 2. The van der Waals surface area contributed by atoms with Crippen LogP contribution in [0.3, 0.4) is 0 Å². The van der Waals surface area contributed by atoms with E-state index in [4.69, 9.17) is 0 Å². The molecule has 0 spiro atoms. The van der Waals surface area contributed by atoms with E-state index in [9.17, 15) is 14.7 Å². The molecule has 1 atom stereocenters. The smallest absolute Gasteiger partial charge is 0.317 e. The summed E-state index contributed by atoms with van der Waals surface area (Å²) in [5.41, 5.74) is -0.788. The number of amides is 2. The van der Waals surface area contributed by atoms with E-state index in [0.717, 1.165) is 25.8 Å². The highest BCUT2D eigenvalue weighted by molar-refractivity contribution is 5.76. The highest BCUT2D eigenvalue weighted by Crippen LogP contribution is 2.34. The van der Waals surface area contributed by atoms with Crippen LogP contribution in [0.15, 0.2) is 0 Å². The largest absolute Gasteiger partial charge is 0.481 e. The van der Waals surface area contributed by atoms with Crippen molar-refractivity contribution in [2.45, 2.75) is 33.1 Å². The first-order valence-electron chi connectivity index (χ1n) is 7.66. The van der Waals surface area contributed by atoms with Crippen LogP contribution in [0.4, 0.5) is 4.79 Å². The summed E-state index contributed by atoms with van der Waals surface area (Å²) in [6, 6.07) is -0.0698. The van der Waals surface area contributed by atoms with E-state index in [1.54, 1.807) is 18.7 Å². The maximum absolute atomic E-state index is 12.1. The van der Waals surface area contributed by atoms with Gasteiger partial charge in [-0.25, -0.2) is 4.79 Å². The van der Waals surface area contributed by atoms with Gasteiger partial charge in [0.25, 0.3) is 0 Å². The second kappa shape index (κ2) is 7.64. The first-order valence-corrected chi connectivity index (χ1v) is 7.66. The molecule has 2 amide bonds. The molecule has 1 aliphatic rings. The van der Waals surface area contributed by atoms with Crippen molar-refractivity contribution in [1.29, 1.82) is 0 Å². The number of carboxylic acid groups (broad SMARTS) is 1. The minimum atomic E-state index is -0.791. The molecular formula is C15H29N3O3. The molecule has 0 aromatic carbocycles. The molecule has 122 valence electrons. The fraction of sp³-hybridized carbons (Fsp3) is 0.867. The van der Waals surface area contributed by atoms with Gasteiger partial charge >= 0.3 is 12.0 Å². The summed E-state index contributed by atoms with van der Waals surface area (Å²) >= 11 is 0. The summed E-state index contributed by atoms with van der Waals surface area (Å²) in [6.45, 7) is 6.33. The summed E-state index contributed by atoms with van der Waals surface area (Å²) < 4.78 is 0. The first kappa shape index (κ1) is 17.8. The summed E-state index contributed by atoms with van der Waals surface area (Å²) in [7, 11) is 4.01. The van der Waals surface area contributed by atoms with E-state index in [-0.39, 0.29) is 11.9 Å². The summed E-state index contributed by atoms with van der Waals surface area (Å²) in [4.78, 5) is 27.3. The Bertz CT molecular complexity index is 369. The maximum Gasteiger partial charge on any atom is 0.317 e. The molecule has 0 aliphatic carbocycles. The minimum Gasteiger partial charge on any atom is -0.481 e. The highest BCUT2D eigenvalue weighted by atomic mass is 16.4. The number of carbonyl (C=O) groups excluding carboxylic acids is 1. The van der Waals surface area contributed by atoms with Gasteiger partial charge < -0.3 is 20.2 Å². The third-order valence-electron chi connectivity index (χ3n) is 4.34. The Hall–Kier alpha value is -1.30. The van der Waals surface area contributed by atoms with Crippen molar-refractivity contribution in [3.05, 3.63) is 0 Å². The fourth-order valence-corrected chi connectivity index (χ4v) is 2.63. The van der Waals surface area contributed by atoms with Crippen LogP contribution >= 0.6 is 0 Å². The molecule has 1 fully saturated rings. The topological polar surface area (TPSA) is 72.9 Å². The molecule has 0 bridgehead atoms. The molecule has 2 N–H and O–H groups in total. The Morgan fingerprint density at radius 1 is 1.38 bits per heavy atom. The third kappa shape index (κ3) is 5.19. The molecule has 6 nitrogen and oxygen atoms in total. The normalized spacial score (nSPS) is 19.7. The molecule has 0 radical (unpaired) electrons. The van der Waals surface area contributed by atoms with Crippen molar-refractivity contribution < 1.29 is 14.7 Å². The average molecular weight is 299 g/mol. The van der Waals surface area contributed by atoms with Gasteiger partial charge in [0.2, 0.25) is 0 Å². The van der Waals surface area contributed by atoms with Gasteiger partial charge in [0.1, 0.15) is 0 Å². The molecule has 6 heteroatoms. The molecule has 0 aromatic heterocycles. The van der Waals surface area contributed by atoms with Crippen LogP contribution < -0.4 is 5.32 Å². The number of carbonyl (C=O) groups is 2. The van der Waals surface area contributed by atoms with Crippen molar-refractivity contribution in [3.8, 4) is 0 Å². The number of carboxylic acids is 1. The lowest BCUT2D eigenvalue weighted by Gasteiger charge is -2.39. The minimum absolute atomic E-state index is 0.0104. The summed E-state index contributed by atoms with van der Waals surface area (Å²) in [5.74, 6) is -0.781. The van der Waals surface area contributed by atoms with Crippen molar-refractivity contribution >= 4 is 12.0 Å². The van der Waals surface area contributed by atoms with E-state index in [1.807, 2.05) is 14.1 Å². The standard InChI is InChI=1S/C15H29N3O3/c1-15(2,13(19)20)12-7-5-10-18(11-12)14(21)16-8-6-9-17(3)4/h12H,5-11H2,1-4H3,(H,16,21)(H,19,20). The zero-order valence-corrected chi connectivity index (χ0v) is 13.7. The number of likely N-dealkylation sites (tertiary alicyclic amines) is 1. The SMILES string of the molecule is CN(C)CCCNC(=O)N1CCCC(C(C)(C)C(=O)O)C1. The van der Waals surface area contributed by atoms with Crippen LogP contribution in [-0.4, -0.2) is 67.2 Å². The Balaban J connectivity index is 2.45. The van der Waals surface area contributed by atoms with E-state index in [2.05, 4.69) is 10.2 Å². The Labute approximate surface area is 127 Å². The molecule has 0 saturated carbocycles. The van der Waals surface area contributed by atoms with Crippen molar-refractivity contribution in [1.82, 2.24) is 15.1 Å². The summed E-state index contributed by atoms with van der Waals surface area (Å²) in [6.07, 6.45) is 2.65. The van der Waals surface area contributed by atoms with Gasteiger partial charge in [0.05, 0.1) is 5.41 Å². The number of rotatable bonds is 6. The van der Waals surface area contributed by atoms with Gasteiger partial charge in [0.15, 0.2) is 0 Å². The predicted octanol–water partition coefficient (Wildman–Crippen LogP) is 1.47. The van der Waals surface area contributed by atoms with Gasteiger partial charge in [-0.2, -0.15) is 0 Å². The lowest BCUT2D eigenvalue weighted by molar-refractivity contribution is -0.151. The molecule has 1 rings (SSSR count). The van der Waals surface area contributed by atoms with Crippen LogP contribution in [0.25, 0.3) is 0 Å². The molecular weight excluding hydrogens is 270 g/mol. The van der Waals surface area contributed by atoms with Crippen LogP contribution in [0, 0.1) is 11.3 Å². The van der Waals surface area contributed by atoms with E-state index in [0.29, 0.717) is 19.6 Å². The molecule has 1 saturated heterocycles. The van der Waals surface area contributed by atoms with Crippen LogP contribution in [0.1, 0.15) is 33.1 Å². The number of hydrogen-bond donors (Lipinski definition) is 2. The Morgan fingerprint density at radius 3 is 2.62 bits per heavy atom. The third-order valence-corrected chi connectivity index (χ3v) is 4.34. The van der Waals surface area contributed by atoms with Gasteiger partial charge in [-0.1, -0.05) is 0 Å². The van der Waals surface area contributed by atoms with Crippen molar-refractivity contribution in [2.75, 3.05) is 40.3 Å². The summed E-state index contributed by atoms with van der Waals surface area (Å²) in [5, 5.41) is 12.2. The number of urea groups is 1. The first-order chi connectivity index (χ1) is 9.75. The van der Waals surface area contributed by atoms with Gasteiger partial charge in [-0.15, -0.1) is 0 Å². The number of hydrogen-bond acceptors (Lipinski definition) is 3. The lowest BCUT2D eigenvalue weighted by Crippen LogP contribution is -2.50. The Morgan fingerprint density at radius 2 is 2.05 bits per heavy atom. The highest BCUT2D eigenvalue weighted by Gasteiger charge is 2.39. The number of aliphatic carboxylic acids is 1. The van der Waals surface area contributed by atoms with Crippen LogP contribution in [-0.2, 0) is 4.79 Å². The van der Waals surface area contributed by atoms with Gasteiger partial charge in [-0.3, -0.25) is 4.79 Å². The lowest BCUT2D eigenvalue weighted by atomic mass is 9.74. The number of nitrogens with one attached hydrogen (secondary N) is 1. The molecule has 1 aliphatic heterocycles. The molecule has 1 heterocycles. The Kier molecular flexibility index (Phi) is 6.45. The van der Waals surface area contributed by atoms with Crippen molar-refractivity contribution in [3.63, 3.8) is 0 Å². The average Bonchev–Trinajstić information content (AvgIpc) is 2.43. The van der Waals surface area contributed by atoms with Crippen LogP contribution in [0.2, 0.25) is 0 Å². The number of piperidine rings is 1. The maximum atomic E-state index is 12.1. The van der Waals surface area contributed by atoms with E-state index < -0.39 is 11.4 Å². The van der Waals surface area contributed by atoms with Gasteiger partial charge in [0, 0.05) is 19.6 Å². The predicted molar refractivity (Wildman–Crippen MR) is 82.3 cm³/mol. The quantitative estimate of drug-likeness (QED) is 0.729. The van der Waals surface area contributed by atoms with E-state index in [1.165, 1.54) is 0 Å². The van der Waals surface area contributed by atoms with E-state index >= 15 is 0 Å². The zero-order valence-electron chi connectivity index (χ0n) is 13.7. The monoisotopic (exact) mass is 299 g/mol. The fourth-order valence-electron chi connectivity index (χ4n) is 2.63. The zero-order chi connectivity index (χ0) is 16.0. The van der Waals surface area contributed by atoms with Crippen molar-refractivity contribution in [2.24, 2.45) is 11.3 Å². The van der Waals surface area contributed by atoms with Gasteiger partial charge in [-0.05, 0) is 59.7 Å². The van der Waals surface area contributed by atoms with Crippen LogP contribution in [0.5, 0.6) is 0 Å². The molecule has 0 aromatic rings. The second-order valence-electron chi connectivity index (χ2n) is 6.70. The molecule has 1 unspecified atom stereocenters. The molecule has 21 heavy (non-hydrogen) atoms.